The van der Waals surface area contributed by atoms with E-state index in [4.69, 9.17) is 11.6 Å². The quantitative estimate of drug-likeness (QED) is 0.836. The molecule has 0 amide bonds. The minimum absolute atomic E-state index is 0.768. The molecule has 2 heteroatoms. The van der Waals surface area contributed by atoms with Gasteiger partial charge in [-0.1, -0.05) is 42.8 Å². The molecule has 0 atom stereocenters. The summed E-state index contributed by atoms with van der Waals surface area (Å²) in [5.41, 5.74) is 3.85. The number of rotatable bonds is 4. The fourth-order valence-corrected chi connectivity index (χ4v) is 1.97. The van der Waals surface area contributed by atoms with Gasteiger partial charge < -0.3 is 5.32 Å². The molecule has 17 heavy (non-hydrogen) atoms. The maximum absolute atomic E-state index is 5.85. The summed E-state index contributed by atoms with van der Waals surface area (Å²) >= 11 is 5.85. The molecule has 2 aromatic carbocycles. The van der Waals surface area contributed by atoms with Crippen molar-refractivity contribution in [2.75, 3.05) is 5.32 Å². The second-order valence-corrected chi connectivity index (χ2v) is 4.42. The van der Waals surface area contributed by atoms with Gasteiger partial charge in [-0.05, 0) is 41.8 Å². The van der Waals surface area contributed by atoms with E-state index in [1.807, 2.05) is 24.3 Å². The molecule has 1 nitrogen and oxygen atoms in total. The SMILES string of the molecule is CCc1ccccc1CNc1ccc(Cl)cc1. The lowest BCUT2D eigenvalue weighted by atomic mass is 10.1. The summed E-state index contributed by atoms with van der Waals surface area (Å²) < 4.78 is 0. The molecule has 0 radical (unpaired) electrons. The molecule has 0 aliphatic heterocycles. The summed E-state index contributed by atoms with van der Waals surface area (Å²) in [5.74, 6) is 0. The Balaban J connectivity index is 2.04. The number of aryl methyl sites for hydroxylation is 1. The van der Waals surface area contributed by atoms with Crippen molar-refractivity contribution in [3.8, 4) is 0 Å². The molecular formula is C15H16ClN. The maximum Gasteiger partial charge on any atom is 0.0407 e. The Kier molecular flexibility index (Phi) is 4.05. The van der Waals surface area contributed by atoms with Gasteiger partial charge in [0.15, 0.2) is 0 Å². The highest BCUT2D eigenvalue weighted by Crippen LogP contribution is 2.16. The molecule has 0 aliphatic carbocycles. The molecule has 0 aromatic heterocycles. The predicted molar refractivity (Wildman–Crippen MR) is 74.6 cm³/mol. The first-order chi connectivity index (χ1) is 8.29. The Bertz CT molecular complexity index is 477. The molecule has 0 spiro atoms. The van der Waals surface area contributed by atoms with Gasteiger partial charge in [0.05, 0.1) is 0 Å². The maximum atomic E-state index is 5.85. The van der Waals surface area contributed by atoms with Gasteiger partial charge in [-0.3, -0.25) is 0 Å². The van der Waals surface area contributed by atoms with Gasteiger partial charge >= 0.3 is 0 Å². The average molecular weight is 246 g/mol. The number of nitrogens with one attached hydrogen (secondary N) is 1. The van der Waals surface area contributed by atoms with Gasteiger partial charge in [-0.2, -0.15) is 0 Å². The largest absolute Gasteiger partial charge is 0.381 e. The molecule has 88 valence electrons. The summed E-state index contributed by atoms with van der Waals surface area (Å²) in [7, 11) is 0. The predicted octanol–water partition coefficient (Wildman–Crippen LogP) is 4.51. The van der Waals surface area contributed by atoms with Crippen molar-refractivity contribution in [2.45, 2.75) is 19.9 Å². The molecule has 1 N–H and O–H groups in total. The van der Waals surface area contributed by atoms with Crippen LogP contribution in [0.25, 0.3) is 0 Å². The molecule has 0 saturated carbocycles. The molecule has 0 bridgehead atoms. The smallest absolute Gasteiger partial charge is 0.0407 e. The van der Waals surface area contributed by atoms with Crippen molar-refractivity contribution >= 4 is 17.3 Å². The Hall–Kier alpha value is -1.47. The summed E-state index contributed by atoms with van der Waals surface area (Å²) in [6.45, 7) is 3.03. The lowest BCUT2D eigenvalue weighted by molar-refractivity contribution is 1.04. The standard InChI is InChI=1S/C15H16ClN/c1-2-12-5-3-4-6-13(12)11-17-15-9-7-14(16)8-10-15/h3-10,17H,2,11H2,1H3. The van der Waals surface area contributed by atoms with Gasteiger partial charge in [0.2, 0.25) is 0 Å². The van der Waals surface area contributed by atoms with E-state index in [0.29, 0.717) is 0 Å². The number of halogens is 1. The van der Waals surface area contributed by atoms with E-state index in [1.54, 1.807) is 0 Å². The third kappa shape index (κ3) is 3.24. The highest BCUT2D eigenvalue weighted by Gasteiger charge is 1.99. The van der Waals surface area contributed by atoms with Crippen LogP contribution in [0, 0.1) is 0 Å². The van der Waals surface area contributed by atoms with Crippen LogP contribution in [0.5, 0.6) is 0 Å². The fraction of sp³-hybridized carbons (Fsp3) is 0.200. The molecular weight excluding hydrogens is 230 g/mol. The lowest BCUT2D eigenvalue weighted by Crippen LogP contribution is -2.02. The summed E-state index contributed by atoms with van der Waals surface area (Å²) in [6.07, 6.45) is 1.07. The second kappa shape index (κ2) is 5.74. The van der Waals surface area contributed by atoms with Crippen LogP contribution in [-0.4, -0.2) is 0 Å². The monoisotopic (exact) mass is 245 g/mol. The molecule has 0 aliphatic rings. The summed E-state index contributed by atoms with van der Waals surface area (Å²) in [5, 5.41) is 4.17. The zero-order chi connectivity index (χ0) is 12.1. The Morgan fingerprint density at radius 3 is 2.24 bits per heavy atom. The number of benzene rings is 2. The van der Waals surface area contributed by atoms with E-state index in [9.17, 15) is 0 Å². The Labute approximate surface area is 107 Å². The lowest BCUT2D eigenvalue weighted by Gasteiger charge is -2.10. The number of hydrogen-bond acceptors (Lipinski definition) is 1. The van der Waals surface area contributed by atoms with E-state index < -0.39 is 0 Å². The highest BCUT2D eigenvalue weighted by atomic mass is 35.5. The van der Waals surface area contributed by atoms with Crippen LogP contribution in [-0.2, 0) is 13.0 Å². The summed E-state index contributed by atoms with van der Waals surface area (Å²) in [6, 6.07) is 16.3. The van der Waals surface area contributed by atoms with Crippen molar-refractivity contribution in [1.82, 2.24) is 0 Å². The van der Waals surface area contributed by atoms with E-state index >= 15 is 0 Å². The highest BCUT2D eigenvalue weighted by molar-refractivity contribution is 6.30. The number of anilines is 1. The normalized spacial score (nSPS) is 10.2. The third-order valence-corrected chi connectivity index (χ3v) is 3.08. The van der Waals surface area contributed by atoms with E-state index in [2.05, 4.69) is 36.5 Å². The minimum atomic E-state index is 0.768. The van der Waals surface area contributed by atoms with Gasteiger partial charge in [-0.15, -0.1) is 0 Å². The average Bonchev–Trinajstić information content (AvgIpc) is 2.38. The van der Waals surface area contributed by atoms with Crippen molar-refractivity contribution < 1.29 is 0 Å². The Morgan fingerprint density at radius 1 is 0.941 bits per heavy atom. The van der Waals surface area contributed by atoms with Crippen LogP contribution in [0.4, 0.5) is 5.69 Å². The molecule has 0 unspecified atom stereocenters. The first kappa shape index (κ1) is 12.0. The van der Waals surface area contributed by atoms with E-state index in [0.717, 1.165) is 23.7 Å². The fourth-order valence-electron chi connectivity index (χ4n) is 1.84. The second-order valence-electron chi connectivity index (χ2n) is 3.98. The zero-order valence-electron chi connectivity index (χ0n) is 9.91. The van der Waals surface area contributed by atoms with Crippen LogP contribution in [0.1, 0.15) is 18.1 Å². The molecule has 0 saturated heterocycles. The molecule has 0 heterocycles. The molecule has 0 fully saturated rings. The van der Waals surface area contributed by atoms with Gasteiger partial charge in [0.25, 0.3) is 0 Å². The third-order valence-electron chi connectivity index (χ3n) is 2.83. The Morgan fingerprint density at radius 2 is 1.59 bits per heavy atom. The van der Waals surface area contributed by atoms with Gasteiger partial charge in [0.1, 0.15) is 0 Å². The van der Waals surface area contributed by atoms with Crippen LogP contribution in [0.2, 0.25) is 5.02 Å². The van der Waals surface area contributed by atoms with Gasteiger partial charge in [-0.25, -0.2) is 0 Å². The van der Waals surface area contributed by atoms with Crippen molar-refractivity contribution in [1.29, 1.82) is 0 Å². The van der Waals surface area contributed by atoms with Crippen molar-refractivity contribution in [2.24, 2.45) is 0 Å². The topological polar surface area (TPSA) is 12.0 Å². The van der Waals surface area contributed by atoms with Crippen LogP contribution >= 0.6 is 11.6 Å². The van der Waals surface area contributed by atoms with Gasteiger partial charge in [0, 0.05) is 17.3 Å². The zero-order valence-corrected chi connectivity index (χ0v) is 10.7. The summed E-state index contributed by atoms with van der Waals surface area (Å²) in [4.78, 5) is 0. The first-order valence-corrected chi connectivity index (χ1v) is 6.23. The van der Waals surface area contributed by atoms with E-state index in [1.165, 1.54) is 11.1 Å². The molecule has 2 aromatic rings. The van der Waals surface area contributed by atoms with Crippen LogP contribution in [0.3, 0.4) is 0 Å². The number of hydrogen-bond donors (Lipinski definition) is 1. The first-order valence-electron chi connectivity index (χ1n) is 5.86. The van der Waals surface area contributed by atoms with Crippen LogP contribution < -0.4 is 5.32 Å². The van der Waals surface area contributed by atoms with Crippen molar-refractivity contribution in [3.63, 3.8) is 0 Å². The van der Waals surface area contributed by atoms with E-state index in [-0.39, 0.29) is 0 Å². The molecule has 2 rings (SSSR count). The van der Waals surface area contributed by atoms with Crippen molar-refractivity contribution in [3.05, 3.63) is 64.7 Å². The van der Waals surface area contributed by atoms with Crippen LogP contribution in [0.15, 0.2) is 48.5 Å². The minimum Gasteiger partial charge on any atom is -0.381 e.